The standard InChI is InChI=1S/C25H35N5O2.HI/c1-3-26-25(28-16-15-27-24(31)21-9-11-23(32-2)12-10-21)29-22-13-17-30(18-14-22)19-20-7-5-4-6-8-20;/h4-12,22H,3,13-19H2,1-2H3,(H,27,31)(H2,26,28,29);1H. The van der Waals surface area contributed by atoms with Gasteiger partial charge in [0.25, 0.3) is 5.91 Å². The van der Waals surface area contributed by atoms with E-state index >= 15 is 0 Å². The van der Waals surface area contributed by atoms with Crippen molar-refractivity contribution in [2.24, 2.45) is 4.99 Å². The van der Waals surface area contributed by atoms with E-state index in [1.807, 2.05) is 0 Å². The molecule has 0 radical (unpaired) electrons. The predicted molar refractivity (Wildman–Crippen MR) is 145 cm³/mol. The summed E-state index contributed by atoms with van der Waals surface area (Å²) in [6.07, 6.45) is 2.18. The smallest absolute Gasteiger partial charge is 0.251 e. The molecule has 1 saturated heterocycles. The average molecular weight is 566 g/mol. The molecule has 1 amide bonds. The van der Waals surface area contributed by atoms with Gasteiger partial charge in [0, 0.05) is 44.3 Å². The molecule has 1 aliphatic heterocycles. The van der Waals surface area contributed by atoms with Crippen LogP contribution in [-0.2, 0) is 6.54 Å². The number of nitrogens with one attached hydrogen (secondary N) is 3. The van der Waals surface area contributed by atoms with Gasteiger partial charge in [-0.25, -0.2) is 0 Å². The lowest BCUT2D eigenvalue weighted by molar-refractivity contribution is 0.0954. The van der Waals surface area contributed by atoms with Crippen LogP contribution in [0, 0.1) is 0 Å². The molecule has 3 rings (SSSR count). The van der Waals surface area contributed by atoms with Crippen molar-refractivity contribution < 1.29 is 9.53 Å². The molecule has 7 nitrogen and oxygen atoms in total. The molecule has 0 atom stereocenters. The van der Waals surface area contributed by atoms with Gasteiger partial charge in [-0.05, 0) is 49.6 Å². The first-order chi connectivity index (χ1) is 15.7. The van der Waals surface area contributed by atoms with Crippen LogP contribution < -0.4 is 20.7 Å². The maximum absolute atomic E-state index is 12.3. The highest BCUT2D eigenvalue weighted by Gasteiger charge is 2.20. The number of nitrogens with zero attached hydrogens (tertiary/aromatic N) is 2. The summed E-state index contributed by atoms with van der Waals surface area (Å²) in [5, 5.41) is 9.79. The van der Waals surface area contributed by atoms with Crippen molar-refractivity contribution in [1.82, 2.24) is 20.9 Å². The zero-order valence-electron chi connectivity index (χ0n) is 19.5. The van der Waals surface area contributed by atoms with Crippen molar-refractivity contribution in [3.63, 3.8) is 0 Å². The zero-order chi connectivity index (χ0) is 22.6. The molecule has 1 heterocycles. The van der Waals surface area contributed by atoms with Gasteiger partial charge in [0.1, 0.15) is 5.75 Å². The number of amides is 1. The Morgan fingerprint density at radius 1 is 1.06 bits per heavy atom. The molecule has 0 aliphatic carbocycles. The Kier molecular flexibility index (Phi) is 12.0. The number of benzene rings is 2. The number of rotatable bonds is 9. The lowest BCUT2D eigenvalue weighted by atomic mass is 10.0. The number of methoxy groups -OCH3 is 1. The summed E-state index contributed by atoms with van der Waals surface area (Å²) in [5.74, 6) is 1.44. The van der Waals surface area contributed by atoms with Gasteiger partial charge in [-0.2, -0.15) is 0 Å². The van der Waals surface area contributed by atoms with Crippen LogP contribution >= 0.6 is 24.0 Å². The van der Waals surface area contributed by atoms with E-state index in [-0.39, 0.29) is 29.9 Å². The topological polar surface area (TPSA) is 78.0 Å². The van der Waals surface area contributed by atoms with Crippen molar-refractivity contribution >= 4 is 35.8 Å². The summed E-state index contributed by atoms with van der Waals surface area (Å²) in [6.45, 7) is 7.02. The molecule has 2 aromatic carbocycles. The Hall–Kier alpha value is -2.33. The molecule has 0 spiro atoms. The van der Waals surface area contributed by atoms with Crippen LogP contribution in [-0.4, -0.2) is 62.6 Å². The number of hydrogen-bond acceptors (Lipinski definition) is 4. The van der Waals surface area contributed by atoms with Gasteiger partial charge >= 0.3 is 0 Å². The van der Waals surface area contributed by atoms with Crippen LogP contribution in [0.5, 0.6) is 5.75 Å². The Morgan fingerprint density at radius 2 is 1.76 bits per heavy atom. The summed E-state index contributed by atoms with van der Waals surface area (Å²) in [5.41, 5.74) is 1.98. The van der Waals surface area contributed by atoms with Gasteiger partial charge in [0.2, 0.25) is 0 Å². The third-order valence-corrected chi connectivity index (χ3v) is 5.54. The van der Waals surface area contributed by atoms with Crippen molar-refractivity contribution in [3.8, 4) is 5.75 Å². The minimum atomic E-state index is -0.105. The molecule has 2 aromatic rings. The van der Waals surface area contributed by atoms with E-state index in [9.17, 15) is 4.79 Å². The number of piperidine rings is 1. The summed E-state index contributed by atoms with van der Waals surface area (Å²) in [4.78, 5) is 19.4. The Bertz CT molecular complexity index is 853. The fourth-order valence-electron chi connectivity index (χ4n) is 3.77. The van der Waals surface area contributed by atoms with Crippen molar-refractivity contribution in [2.45, 2.75) is 32.4 Å². The van der Waals surface area contributed by atoms with Gasteiger partial charge in [-0.3, -0.25) is 14.7 Å². The predicted octanol–water partition coefficient (Wildman–Crippen LogP) is 3.26. The summed E-state index contributed by atoms with van der Waals surface area (Å²) in [7, 11) is 1.61. The number of hydrogen-bond donors (Lipinski definition) is 3. The second-order valence-corrected chi connectivity index (χ2v) is 7.93. The van der Waals surface area contributed by atoms with Crippen LogP contribution in [0.2, 0.25) is 0 Å². The normalized spacial score (nSPS) is 14.8. The van der Waals surface area contributed by atoms with Crippen molar-refractivity contribution in [1.29, 1.82) is 0 Å². The van der Waals surface area contributed by atoms with E-state index in [2.05, 4.69) is 63.1 Å². The maximum Gasteiger partial charge on any atom is 0.251 e. The first kappa shape index (κ1) is 26.9. The fourth-order valence-corrected chi connectivity index (χ4v) is 3.77. The Balaban J connectivity index is 0.00000385. The number of carbonyl (C=O) groups is 1. The summed E-state index contributed by atoms with van der Waals surface area (Å²) < 4.78 is 5.13. The van der Waals surface area contributed by atoms with E-state index in [1.54, 1.807) is 31.4 Å². The molecular weight excluding hydrogens is 529 g/mol. The first-order valence-corrected chi connectivity index (χ1v) is 11.4. The second-order valence-electron chi connectivity index (χ2n) is 7.93. The molecule has 0 saturated carbocycles. The highest BCUT2D eigenvalue weighted by atomic mass is 127. The highest BCUT2D eigenvalue weighted by molar-refractivity contribution is 14.0. The highest BCUT2D eigenvalue weighted by Crippen LogP contribution is 2.14. The van der Waals surface area contributed by atoms with E-state index in [1.165, 1.54) is 5.56 Å². The van der Waals surface area contributed by atoms with Crippen LogP contribution in [0.25, 0.3) is 0 Å². The van der Waals surface area contributed by atoms with E-state index in [0.717, 1.165) is 50.7 Å². The van der Waals surface area contributed by atoms with E-state index in [4.69, 9.17) is 4.74 Å². The zero-order valence-corrected chi connectivity index (χ0v) is 21.9. The van der Waals surface area contributed by atoms with Crippen LogP contribution in [0.4, 0.5) is 0 Å². The molecule has 0 bridgehead atoms. The number of halogens is 1. The van der Waals surface area contributed by atoms with E-state index in [0.29, 0.717) is 24.7 Å². The number of aliphatic imine (C=N–C) groups is 1. The van der Waals surface area contributed by atoms with Crippen molar-refractivity contribution in [3.05, 3.63) is 65.7 Å². The van der Waals surface area contributed by atoms with Gasteiger partial charge in [0.15, 0.2) is 5.96 Å². The number of ether oxygens (including phenoxy) is 1. The minimum absolute atomic E-state index is 0. The Morgan fingerprint density at radius 3 is 2.39 bits per heavy atom. The molecule has 0 aromatic heterocycles. The molecule has 8 heteroatoms. The molecular formula is C25H36IN5O2. The summed E-state index contributed by atoms with van der Waals surface area (Å²) in [6, 6.07) is 18.1. The molecule has 1 aliphatic rings. The third kappa shape index (κ3) is 9.21. The SMILES string of the molecule is CCNC(=NCCNC(=O)c1ccc(OC)cc1)NC1CCN(Cc2ccccc2)CC1.I. The average Bonchev–Trinajstić information content (AvgIpc) is 2.83. The fraction of sp³-hybridized carbons (Fsp3) is 0.440. The first-order valence-electron chi connectivity index (χ1n) is 11.4. The van der Waals surface area contributed by atoms with Crippen LogP contribution in [0.15, 0.2) is 59.6 Å². The summed E-state index contributed by atoms with van der Waals surface area (Å²) >= 11 is 0. The lowest BCUT2D eigenvalue weighted by Gasteiger charge is -2.33. The Labute approximate surface area is 214 Å². The molecule has 1 fully saturated rings. The molecule has 180 valence electrons. The van der Waals surface area contributed by atoms with Gasteiger partial charge < -0.3 is 20.7 Å². The second kappa shape index (κ2) is 14.7. The largest absolute Gasteiger partial charge is 0.497 e. The monoisotopic (exact) mass is 565 g/mol. The lowest BCUT2D eigenvalue weighted by Crippen LogP contribution is -2.48. The minimum Gasteiger partial charge on any atom is -0.497 e. The van der Waals surface area contributed by atoms with Crippen molar-refractivity contribution in [2.75, 3.05) is 39.8 Å². The van der Waals surface area contributed by atoms with Gasteiger partial charge in [-0.15, -0.1) is 24.0 Å². The molecule has 33 heavy (non-hydrogen) atoms. The molecule has 0 unspecified atom stereocenters. The molecule has 3 N–H and O–H groups in total. The number of carbonyl (C=O) groups excluding carboxylic acids is 1. The number of likely N-dealkylation sites (tertiary alicyclic amines) is 1. The number of guanidine groups is 1. The van der Waals surface area contributed by atoms with Crippen LogP contribution in [0.3, 0.4) is 0 Å². The van der Waals surface area contributed by atoms with E-state index < -0.39 is 0 Å². The van der Waals surface area contributed by atoms with Crippen LogP contribution in [0.1, 0.15) is 35.7 Å². The van der Waals surface area contributed by atoms with Gasteiger partial charge in [-0.1, -0.05) is 30.3 Å². The van der Waals surface area contributed by atoms with Gasteiger partial charge in [0.05, 0.1) is 13.7 Å². The maximum atomic E-state index is 12.3. The third-order valence-electron chi connectivity index (χ3n) is 5.54. The quantitative estimate of drug-likeness (QED) is 0.188.